The number of rotatable bonds is 3. The van der Waals surface area contributed by atoms with E-state index in [1.54, 1.807) is 12.1 Å². The third-order valence-corrected chi connectivity index (χ3v) is 2.01. The summed E-state index contributed by atoms with van der Waals surface area (Å²) in [5.74, 6) is 0.307. The first-order valence-electron chi connectivity index (χ1n) is 4.45. The lowest BCUT2D eigenvalue weighted by Crippen LogP contribution is -2.01. The summed E-state index contributed by atoms with van der Waals surface area (Å²) in [6, 6.07) is 7.26. The fourth-order valence-electron chi connectivity index (χ4n) is 1.13. The van der Waals surface area contributed by atoms with Crippen molar-refractivity contribution in [2.24, 2.45) is 5.73 Å². The molecule has 1 aromatic carbocycles. The molecule has 0 amide bonds. The number of nitrogens with two attached hydrogens (primary N) is 1. The first-order chi connectivity index (χ1) is 6.27. The maximum Gasteiger partial charge on any atom is 0.122 e. The lowest BCUT2D eigenvalue weighted by molar-refractivity contribution is 0.474. The summed E-state index contributed by atoms with van der Waals surface area (Å²) in [4.78, 5) is 0. The molecule has 2 nitrogen and oxygen atoms in total. The lowest BCUT2D eigenvalue weighted by atomic mass is 10.1. The van der Waals surface area contributed by atoms with Crippen molar-refractivity contribution in [2.75, 3.05) is 6.54 Å². The average molecular weight is 177 g/mol. The van der Waals surface area contributed by atoms with Gasteiger partial charge in [0.05, 0.1) is 0 Å². The van der Waals surface area contributed by atoms with Crippen LogP contribution in [0.4, 0.5) is 0 Å². The van der Waals surface area contributed by atoms with E-state index in [1.807, 2.05) is 18.2 Å². The quantitative estimate of drug-likeness (QED) is 0.743. The Balaban J connectivity index is 2.95. The Labute approximate surface area is 78.7 Å². The molecule has 0 heterocycles. The van der Waals surface area contributed by atoms with Gasteiger partial charge in [-0.15, -0.1) is 0 Å². The Morgan fingerprint density at radius 2 is 2.15 bits per heavy atom. The number of benzene rings is 1. The fraction of sp³-hybridized carbons (Fsp3) is 0.273. The zero-order chi connectivity index (χ0) is 9.68. The number of phenolic OH excluding ortho intramolecular Hbond substituents is 1. The Hall–Kier alpha value is -1.28. The molecule has 3 N–H and O–H groups in total. The smallest absolute Gasteiger partial charge is 0.122 e. The highest BCUT2D eigenvalue weighted by atomic mass is 16.3. The van der Waals surface area contributed by atoms with Gasteiger partial charge in [-0.25, -0.2) is 0 Å². The second-order valence-electron chi connectivity index (χ2n) is 2.92. The monoisotopic (exact) mass is 177 g/mol. The SMILES string of the molecule is CC/C(=C/c1ccccc1O)CN. The van der Waals surface area contributed by atoms with Gasteiger partial charge in [0.15, 0.2) is 0 Å². The normalized spacial score (nSPS) is 11.7. The van der Waals surface area contributed by atoms with Gasteiger partial charge in [-0.05, 0) is 12.5 Å². The molecular formula is C11H15NO. The van der Waals surface area contributed by atoms with E-state index in [2.05, 4.69) is 6.92 Å². The molecule has 0 aliphatic carbocycles. The molecule has 1 aromatic rings. The Morgan fingerprint density at radius 3 is 2.69 bits per heavy atom. The van der Waals surface area contributed by atoms with Crippen LogP contribution in [0.15, 0.2) is 29.8 Å². The van der Waals surface area contributed by atoms with Gasteiger partial charge in [-0.3, -0.25) is 0 Å². The summed E-state index contributed by atoms with van der Waals surface area (Å²) < 4.78 is 0. The Morgan fingerprint density at radius 1 is 1.46 bits per heavy atom. The first-order valence-corrected chi connectivity index (χ1v) is 4.45. The molecule has 0 bridgehead atoms. The minimum absolute atomic E-state index is 0.307. The van der Waals surface area contributed by atoms with Gasteiger partial charge in [0.25, 0.3) is 0 Å². The van der Waals surface area contributed by atoms with Crippen LogP contribution in [0.1, 0.15) is 18.9 Å². The third kappa shape index (κ3) is 2.60. The molecule has 1 rings (SSSR count). The van der Waals surface area contributed by atoms with Gasteiger partial charge in [-0.2, -0.15) is 0 Å². The van der Waals surface area contributed by atoms with E-state index in [4.69, 9.17) is 5.73 Å². The minimum atomic E-state index is 0.307. The molecule has 0 aliphatic heterocycles. The zero-order valence-corrected chi connectivity index (χ0v) is 7.83. The van der Waals surface area contributed by atoms with Crippen LogP contribution in [0.5, 0.6) is 5.75 Å². The molecule has 0 fully saturated rings. The number of para-hydroxylation sites is 1. The molecule has 13 heavy (non-hydrogen) atoms. The van der Waals surface area contributed by atoms with Crippen LogP contribution in [0.3, 0.4) is 0 Å². The van der Waals surface area contributed by atoms with E-state index in [0.29, 0.717) is 12.3 Å². The van der Waals surface area contributed by atoms with Crippen molar-refractivity contribution < 1.29 is 5.11 Å². The number of hydrogen-bond acceptors (Lipinski definition) is 2. The topological polar surface area (TPSA) is 46.2 Å². The summed E-state index contributed by atoms with van der Waals surface area (Å²) >= 11 is 0. The zero-order valence-electron chi connectivity index (χ0n) is 7.83. The standard InChI is InChI=1S/C11H15NO/c1-2-9(8-12)7-10-5-3-4-6-11(10)13/h3-7,13H,2,8,12H2,1H3/b9-7-. The lowest BCUT2D eigenvalue weighted by Gasteiger charge is -2.02. The van der Waals surface area contributed by atoms with Crippen molar-refractivity contribution in [3.8, 4) is 5.75 Å². The van der Waals surface area contributed by atoms with Gasteiger partial charge in [0, 0.05) is 12.1 Å². The average Bonchev–Trinajstić information content (AvgIpc) is 2.17. The second kappa shape index (κ2) is 4.67. The number of aromatic hydroxyl groups is 1. The van der Waals surface area contributed by atoms with Crippen LogP contribution in [-0.4, -0.2) is 11.7 Å². The molecule has 0 atom stereocenters. The highest BCUT2D eigenvalue weighted by molar-refractivity contribution is 5.59. The number of hydrogen-bond donors (Lipinski definition) is 2. The molecule has 0 aliphatic rings. The summed E-state index contributed by atoms with van der Waals surface area (Å²) in [7, 11) is 0. The second-order valence-corrected chi connectivity index (χ2v) is 2.92. The first kappa shape index (κ1) is 9.81. The van der Waals surface area contributed by atoms with Crippen LogP contribution < -0.4 is 5.73 Å². The van der Waals surface area contributed by atoms with Crippen LogP contribution in [0.25, 0.3) is 6.08 Å². The maximum absolute atomic E-state index is 9.47. The van der Waals surface area contributed by atoms with Gasteiger partial charge >= 0.3 is 0 Å². The maximum atomic E-state index is 9.47. The van der Waals surface area contributed by atoms with E-state index in [-0.39, 0.29) is 0 Å². The summed E-state index contributed by atoms with van der Waals surface area (Å²) in [5.41, 5.74) is 7.51. The van der Waals surface area contributed by atoms with Gasteiger partial charge in [0.2, 0.25) is 0 Å². The fourth-order valence-corrected chi connectivity index (χ4v) is 1.13. The molecule has 0 saturated heterocycles. The van der Waals surface area contributed by atoms with Crippen molar-refractivity contribution in [3.63, 3.8) is 0 Å². The van der Waals surface area contributed by atoms with E-state index in [1.165, 1.54) is 0 Å². The predicted octanol–water partition coefficient (Wildman–Crippen LogP) is 2.14. The van der Waals surface area contributed by atoms with Crippen molar-refractivity contribution in [3.05, 3.63) is 35.4 Å². The summed E-state index contributed by atoms with van der Waals surface area (Å²) in [6.07, 6.45) is 2.86. The highest BCUT2D eigenvalue weighted by Gasteiger charge is 1.96. The third-order valence-electron chi connectivity index (χ3n) is 2.01. The number of phenols is 1. The van der Waals surface area contributed by atoms with Crippen LogP contribution in [0, 0.1) is 0 Å². The van der Waals surface area contributed by atoms with Gasteiger partial charge < -0.3 is 10.8 Å². The van der Waals surface area contributed by atoms with E-state index in [9.17, 15) is 5.11 Å². The molecule has 0 unspecified atom stereocenters. The molecule has 0 saturated carbocycles. The molecule has 0 radical (unpaired) electrons. The Bertz CT molecular complexity index is 299. The summed E-state index contributed by atoms with van der Waals surface area (Å²) in [6.45, 7) is 2.60. The van der Waals surface area contributed by atoms with Crippen LogP contribution >= 0.6 is 0 Å². The Kier molecular flexibility index (Phi) is 3.53. The molecule has 2 heteroatoms. The molecular weight excluding hydrogens is 162 g/mol. The minimum Gasteiger partial charge on any atom is -0.507 e. The van der Waals surface area contributed by atoms with Crippen LogP contribution in [0.2, 0.25) is 0 Å². The van der Waals surface area contributed by atoms with Gasteiger partial charge in [-0.1, -0.05) is 36.8 Å². The van der Waals surface area contributed by atoms with Crippen molar-refractivity contribution in [1.82, 2.24) is 0 Å². The summed E-state index contributed by atoms with van der Waals surface area (Å²) in [5, 5.41) is 9.47. The molecule has 70 valence electrons. The molecule has 0 aromatic heterocycles. The van der Waals surface area contributed by atoms with E-state index < -0.39 is 0 Å². The van der Waals surface area contributed by atoms with Gasteiger partial charge in [0.1, 0.15) is 5.75 Å². The van der Waals surface area contributed by atoms with Crippen molar-refractivity contribution >= 4 is 6.08 Å². The largest absolute Gasteiger partial charge is 0.507 e. The van der Waals surface area contributed by atoms with E-state index in [0.717, 1.165) is 17.6 Å². The van der Waals surface area contributed by atoms with Crippen molar-refractivity contribution in [2.45, 2.75) is 13.3 Å². The predicted molar refractivity (Wildman–Crippen MR) is 55.4 cm³/mol. The van der Waals surface area contributed by atoms with Crippen LogP contribution in [-0.2, 0) is 0 Å². The van der Waals surface area contributed by atoms with E-state index >= 15 is 0 Å². The molecule has 0 spiro atoms. The van der Waals surface area contributed by atoms with Crippen molar-refractivity contribution in [1.29, 1.82) is 0 Å². The highest BCUT2D eigenvalue weighted by Crippen LogP contribution is 2.19.